The summed E-state index contributed by atoms with van der Waals surface area (Å²) >= 11 is 0. The van der Waals surface area contributed by atoms with Crippen molar-refractivity contribution in [1.82, 2.24) is 14.5 Å². The highest BCUT2D eigenvalue weighted by Gasteiger charge is 2.23. The Kier molecular flexibility index (Phi) is 4.89. The summed E-state index contributed by atoms with van der Waals surface area (Å²) in [6, 6.07) is 47.7. The molecule has 6 nitrogen and oxygen atoms in total. The molecule has 0 atom stereocenters. The van der Waals surface area contributed by atoms with E-state index in [0.29, 0.717) is 5.95 Å². The van der Waals surface area contributed by atoms with Crippen molar-refractivity contribution in [3.8, 4) is 17.2 Å². The van der Waals surface area contributed by atoms with Crippen molar-refractivity contribution in [2.75, 3.05) is 0 Å². The lowest BCUT2D eigenvalue weighted by atomic mass is 10.0. The molecule has 5 aromatic heterocycles. The summed E-state index contributed by atoms with van der Waals surface area (Å²) in [7, 11) is 0. The third-order valence-corrected chi connectivity index (χ3v) is 10.2. The van der Waals surface area contributed by atoms with Gasteiger partial charge in [0.2, 0.25) is 5.95 Å². The molecule has 0 saturated carbocycles. The van der Waals surface area contributed by atoms with Gasteiger partial charge in [-0.15, -0.1) is 0 Å². The molecule has 0 saturated heterocycles. The fourth-order valence-electron chi connectivity index (χ4n) is 8.06. The second-order valence-electron chi connectivity index (χ2n) is 12.9. The Morgan fingerprint density at radius 2 is 1.08 bits per heavy atom. The lowest BCUT2D eigenvalue weighted by molar-refractivity contribution is 0.656. The van der Waals surface area contributed by atoms with Crippen molar-refractivity contribution in [3.63, 3.8) is 0 Å². The first kappa shape index (κ1) is 26.1. The molecule has 7 aromatic carbocycles. The van der Waals surface area contributed by atoms with Crippen LogP contribution in [0.3, 0.4) is 0 Å². The van der Waals surface area contributed by atoms with Crippen LogP contribution in [0.4, 0.5) is 0 Å². The molecule has 0 bridgehead atoms. The summed E-state index contributed by atoms with van der Waals surface area (Å²) in [6.45, 7) is 0. The average Bonchev–Trinajstić information content (AvgIpc) is 3.91. The Hall–Kier alpha value is -6.92. The van der Waals surface area contributed by atoms with Crippen molar-refractivity contribution in [2.45, 2.75) is 0 Å². The molecule has 50 heavy (non-hydrogen) atoms. The summed E-state index contributed by atoms with van der Waals surface area (Å²) in [6.07, 6.45) is 0. The number of nitrogens with zero attached hydrogens (tertiary/aromatic N) is 3. The maximum absolute atomic E-state index is 6.70. The minimum absolute atomic E-state index is 0.592. The third kappa shape index (κ3) is 3.36. The summed E-state index contributed by atoms with van der Waals surface area (Å²) < 4.78 is 21.4. The van der Waals surface area contributed by atoms with Crippen LogP contribution in [0.15, 0.2) is 153 Å². The lowest BCUT2D eigenvalue weighted by Gasteiger charge is -2.12. The van der Waals surface area contributed by atoms with E-state index in [9.17, 15) is 0 Å². The van der Waals surface area contributed by atoms with Crippen LogP contribution in [-0.2, 0) is 0 Å². The quantitative estimate of drug-likeness (QED) is 0.188. The summed E-state index contributed by atoms with van der Waals surface area (Å²) in [4.78, 5) is 10.6. The third-order valence-electron chi connectivity index (χ3n) is 10.2. The van der Waals surface area contributed by atoms with E-state index in [1.54, 1.807) is 0 Å². The van der Waals surface area contributed by atoms with Crippen LogP contribution in [0, 0.1) is 0 Å². The molecule has 0 aliphatic carbocycles. The number of para-hydroxylation sites is 5. The number of rotatable bonds is 2. The second-order valence-corrected chi connectivity index (χ2v) is 12.9. The number of hydrogen-bond acceptors (Lipinski definition) is 5. The molecule has 12 aromatic rings. The van der Waals surface area contributed by atoms with E-state index in [1.165, 1.54) is 0 Å². The molecule has 0 radical (unpaired) electrons. The Bertz CT molecular complexity index is 3400. The average molecular weight is 642 g/mol. The van der Waals surface area contributed by atoms with Gasteiger partial charge in [-0.3, -0.25) is 4.57 Å². The van der Waals surface area contributed by atoms with Crippen LogP contribution in [0.25, 0.3) is 116 Å². The van der Waals surface area contributed by atoms with Gasteiger partial charge in [-0.05, 0) is 48.5 Å². The van der Waals surface area contributed by atoms with E-state index in [-0.39, 0.29) is 0 Å². The van der Waals surface area contributed by atoms with Gasteiger partial charge >= 0.3 is 0 Å². The van der Waals surface area contributed by atoms with E-state index in [0.717, 1.165) is 110 Å². The summed E-state index contributed by atoms with van der Waals surface area (Å²) in [5, 5.41) is 9.61. The van der Waals surface area contributed by atoms with Crippen molar-refractivity contribution in [1.29, 1.82) is 0 Å². The largest absolute Gasteiger partial charge is 0.456 e. The maximum atomic E-state index is 6.70. The molecule has 0 spiro atoms. The summed E-state index contributed by atoms with van der Waals surface area (Å²) in [5.41, 5.74) is 9.57. The van der Waals surface area contributed by atoms with Crippen molar-refractivity contribution in [3.05, 3.63) is 140 Å². The molecular weight excluding hydrogens is 619 g/mol. The number of hydrogen-bond donors (Lipinski definition) is 0. The van der Waals surface area contributed by atoms with Gasteiger partial charge in [0.1, 0.15) is 33.5 Å². The molecule has 0 aliphatic heterocycles. The number of aromatic nitrogens is 3. The molecule has 6 heteroatoms. The van der Waals surface area contributed by atoms with E-state index >= 15 is 0 Å². The molecular formula is C44H23N3O3. The Morgan fingerprint density at radius 1 is 0.400 bits per heavy atom. The Morgan fingerprint density at radius 3 is 1.98 bits per heavy atom. The highest BCUT2D eigenvalue weighted by atomic mass is 16.3. The molecule has 0 N–H and O–H groups in total. The zero-order chi connectivity index (χ0) is 32.5. The van der Waals surface area contributed by atoms with E-state index in [2.05, 4.69) is 95.6 Å². The van der Waals surface area contributed by atoms with Crippen molar-refractivity contribution < 1.29 is 13.3 Å². The van der Waals surface area contributed by atoms with Gasteiger partial charge in [0.05, 0.1) is 22.2 Å². The van der Waals surface area contributed by atoms with Crippen LogP contribution >= 0.6 is 0 Å². The van der Waals surface area contributed by atoms with E-state index < -0.39 is 0 Å². The fourth-order valence-corrected chi connectivity index (χ4v) is 8.06. The number of fused-ring (bicyclic) bond motifs is 14. The smallest absolute Gasteiger partial charge is 0.235 e. The van der Waals surface area contributed by atoms with Crippen LogP contribution < -0.4 is 0 Å². The zero-order valence-electron chi connectivity index (χ0n) is 26.3. The first-order chi connectivity index (χ1) is 24.8. The Balaban J connectivity index is 1.16. The van der Waals surface area contributed by atoms with E-state index in [1.807, 2.05) is 48.5 Å². The first-order valence-electron chi connectivity index (χ1n) is 16.7. The van der Waals surface area contributed by atoms with Gasteiger partial charge < -0.3 is 13.3 Å². The standard InChI is InChI=1S/C44H23N3O3/c1-5-16-32-26(11-1)42(29-15-9-14-25-31-22-30-24-10-3-7-18-35(24)49-38(30)23-39(31)50-43(25)29)46-44(45-32)47-33-17-6-2-12-27(33)40-34(47)20-21-37-41(40)28-13-4-8-19-36(28)48-37/h1-23H. The maximum Gasteiger partial charge on any atom is 0.235 e. The number of furan rings is 3. The molecule has 0 unspecified atom stereocenters. The van der Waals surface area contributed by atoms with Gasteiger partial charge in [-0.2, -0.15) is 0 Å². The molecule has 0 aliphatic rings. The fraction of sp³-hybridized carbons (Fsp3) is 0. The monoisotopic (exact) mass is 641 g/mol. The summed E-state index contributed by atoms with van der Waals surface area (Å²) in [5.74, 6) is 0.592. The zero-order valence-corrected chi connectivity index (χ0v) is 26.3. The highest BCUT2D eigenvalue weighted by molar-refractivity contribution is 6.27. The predicted octanol–water partition coefficient (Wildman–Crippen LogP) is 12.1. The minimum Gasteiger partial charge on any atom is -0.456 e. The Labute approximate surface area is 282 Å². The van der Waals surface area contributed by atoms with Crippen LogP contribution in [0.5, 0.6) is 0 Å². The lowest BCUT2D eigenvalue weighted by Crippen LogP contribution is -2.03. The van der Waals surface area contributed by atoms with Crippen molar-refractivity contribution >= 4 is 98.5 Å². The second kappa shape index (κ2) is 9.36. The normalized spacial score (nSPS) is 12.4. The predicted molar refractivity (Wildman–Crippen MR) is 201 cm³/mol. The SMILES string of the molecule is c1ccc2c(-c3cccc4c3oc3cc5oc6ccccc6c5cc34)nc(-n3c4ccccc4c4c5c(ccc43)oc3ccccc35)nc2c1. The molecule has 12 rings (SSSR count). The van der Waals surface area contributed by atoms with Crippen molar-refractivity contribution in [2.24, 2.45) is 0 Å². The highest BCUT2D eigenvalue weighted by Crippen LogP contribution is 2.43. The van der Waals surface area contributed by atoms with Gasteiger partial charge in [0, 0.05) is 60.1 Å². The minimum atomic E-state index is 0.592. The topological polar surface area (TPSA) is 70.1 Å². The van der Waals surface area contributed by atoms with Gasteiger partial charge in [-0.1, -0.05) is 84.9 Å². The van der Waals surface area contributed by atoms with Gasteiger partial charge in [0.15, 0.2) is 0 Å². The van der Waals surface area contributed by atoms with E-state index in [4.69, 9.17) is 23.2 Å². The van der Waals surface area contributed by atoms with Crippen LogP contribution in [-0.4, -0.2) is 14.5 Å². The molecule has 0 fully saturated rings. The number of benzene rings is 7. The van der Waals surface area contributed by atoms with Crippen LogP contribution in [0.1, 0.15) is 0 Å². The van der Waals surface area contributed by atoms with Gasteiger partial charge in [-0.25, -0.2) is 9.97 Å². The molecule has 5 heterocycles. The molecule has 232 valence electrons. The van der Waals surface area contributed by atoms with Crippen LogP contribution in [0.2, 0.25) is 0 Å². The molecule has 0 amide bonds. The first-order valence-corrected chi connectivity index (χ1v) is 16.7. The van der Waals surface area contributed by atoms with Gasteiger partial charge in [0.25, 0.3) is 0 Å².